The molecule has 5 aromatic rings. The molecule has 0 saturated carbocycles. The minimum absolute atomic E-state index is 0.0815. The van der Waals surface area contributed by atoms with E-state index in [0.29, 0.717) is 17.2 Å². The molecule has 2 aromatic carbocycles. The van der Waals surface area contributed by atoms with E-state index in [1.807, 2.05) is 25.1 Å². The Hall–Kier alpha value is -5.01. The summed E-state index contributed by atoms with van der Waals surface area (Å²) < 4.78 is 29.1. The molecule has 0 radical (unpaired) electrons. The second-order valence-corrected chi connectivity index (χ2v) is 10.9. The van der Waals surface area contributed by atoms with Crippen LogP contribution < -0.4 is 15.4 Å². The number of anilines is 3. The van der Waals surface area contributed by atoms with Gasteiger partial charge in [-0.05, 0) is 61.4 Å². The van der Waals surface area contributed by atoms with Crippen molar-refractivity contribution in [2.75, 3.05) is 17.2 Å². The summed E-state index contributed by atoms with van der Waals surface area (Å²) in [6.07, 6.45) is 6.55. The molecule has 41 heavy (non-hydrogen) atoms. The van der Waals surface area contributed by atoms with E-state index in [-0.39, 0.29) is 23.7 Å². The number of benzene rings is 2. The molecule has 0 unspecified atom stereocenters. The van der Waals surface area contributed by atoms with E-state index in [9.17, 15) is 13.2 Å². The maximum absolute atomic E-state index is 12.8. The van der Waals surface area contributed by atoms with E-state index in [4.69, 9.17) is 0 Å². The third-order valence-corrected chi connectivity index (χ3v) is 7.76. The van der Waals surface area contributed by atoms with Gasteiger partial charge in [0.15, 0.2) is 5.69 Å². The number of aromatic nitrogens is 6. The maximum atomic E-state index is 12.8. The van der Waals surface area contributed by atoms with Gasteiger partial charge in [0, 0.05) is 42.1 Å². The highest BCUT2D eigenvalue weighted by Gasteiger charge is 2.17. The van der Waals surface area contributed by atoms with Gasteiger partial charge in [-0.2, -0.15) is 0 Å². The van der Waals surface area contributed by atoms with Crippen LogP contribution in [0.3, 0.4) is 0 Å². The van der Waals surface area contributed by atoms with Gasteiger partial charge in [-0.25, -0.2) is 23.1 Å². The van der Waals surface area contributed by atoms with Crippen molar-refractivity contribution < 1.29 is 13.2 Å². The van der Waals surface area contributed by atoms with Crippen molar-refractivity contribution in [1.82, 2.24) is 34.7 Å². The fourth-order valence-electron chi connectivity index (χ4n) is 3.99. The fourth-order valence-corrected chi connectivity index (χ4v) is 5.25. The Balaban J connectivity index is 1.20. The van der Waals surface area contributed by atoms with Gasteiger partial charge in [0.1, 0.15) is 0 Å². The molecule has 3 N–H and O–H groups in total. The van der Waals surface area contributed by atoms with Crippen molar-refractivity contribution in [2.24, 2.45) is 0 Å². The van der Waals surface area contributed by atoms with Crippen LogP contribution in [0.25, 0.3) is 11.3 Å². The van der Waals surface area contributed by atoms with E-state index in [0.717, 1.165) is 22.5 Å². The standard InChI is InChI=1S/C28H27N9O3S/c1-19-9-10-22(16-24(19)34-28-30-13-11-23(33-28)21-7-5-12-29-17-21)32-27(38)25-18-37(36-35-25)15-14-31-41(39,40)26-8-4-3-6-20(26)2/h3-13,16-18,31H,14-15H2,1-2H3,(H,32,38)(H,30,33,34). The van der Waals surface area contributed by atoms with Gasteiger partial charge in [0.25, 0.3) is 5.91 Å². The lowest BCUT2D eigenvalue weighted by atomic mass is 10.1. The molecule has 0 saturated heterocycles. The molecule has 0 spiro atoms. The molecule has 0 aliphatic rings. The smallest absolute Gasteiger partial charge is 0.277 e. The molecule has 3 aromatic heterocycles. The van der Waals surface area contributed by atoms with Crippen LogP contribution in [0.2, 0.25) is 0 Å². The van der Waals surface area contributed by atoms with Crippen molar-refractivity contribution in [2.45, 2.75) is 25.3 Å². The summed E-state index contributed by atoms with van der Waals surface area (Å²) in [5, 5.41) is 13.9. The molecule has 0 bridgehead atoms. The Morgan fingerprint density at radius 1 is 0.976 bits per heavy atom. The minimum atomic E-state index is -3.67. The van der Waals surface area contributed by atoms with Gasteiger partial charge in [-0.1, -0.05) is 29.5 Å². The summed E-state index contributed by atoms with van der Waals surface area (Å²) in [6.45, 7) is 3.94. The second-order valence-electron chi connectivity index (χ2n) is 9.15. The summed E-state index contributed by atoms with van der Waals surface area (Å²) in [4.78, 5) is 26.1. The molecule has 208 valence electrons. The van der Waals surface area contributed by atoms with Crippen LogP contribution >= 0.6 is 0 Å². The molecule has 12 nitrogen and oxygen atoms in total. The molecule has 0 fully saturated rings. The Morgan fingerprint density at radius 2 is 1.83 bits per heavy atom. The third kappa shape index (κ3) is 6.77. The first-order valence-corrected chi connectivity index (χ1v) is 14.1. The highest BCUT2D eigenvalue weighted by Crippen LogP contribution is 2.24. The Morgan fingerprint density at radius 3 is 2.63 bits per heavy atom. The average Bonchev–Trinajstić information content (AvgIpc) is 3.45. The highest BCUT2D eigenvalue weighted by atomic mass is 32.2. The van der Waals surface area contributed by atoms with Crippen LogP contribution in [-0.4, -0.2) is 50.8 Å². The molecule has 0 aliphatic carbocycles. The molecule has 5 rings (SSSR count). The zero-order chi connectivity index (χ0) is 28.8. The third-order valence-electron chi connectivity index (χ3n) is 6.14. The average molecular weight is 570 g/mol. The van der Waals surface area contributed by atoms with Crippen molar-refractivity contribution >= 4 is 33.3 Å². The molecule has 1 amide bonds. The number of nitrogens with zero attached hydrogens (tertiary/aromatic N) is 6. The van der Waals surface area contributed by atoms with Crippen molar-refractivity contribution in [3.05, 3.63) is 102 Å². The quantitative estimate of drug-likeness (QED) is 0.228. The van der Waals surface area contributed by atoms with E-state index in [1.54, 1.807) is 68.0 Å². The maximum Gasteiger partial charge on any atom is 0.277 e. The normalized spacial score (nSPS) is 11.3. The van der Waals surface area contributed by atoms with E-state index in [1.165, 1.54) is 10.9 Å². The molecule has 0 atom stereocenters. The molecular weight excluding hydrogens is 542 g/mol. The first kappa shape index (κ1) is 27.6. The number of sulfonamides is 1. The number of nitrogens with one attached hydrogen (secondary N) is 3. The minimum Gasteiger partial charge on any atom is -0.324 e. The number of carbonyl (C=O) groups is 1. The predicted octanol–water partition coefficient (Wildman–Crippen LogP) is 3.72. The van der Waals surface area contributed by atoms with Gasteiger partial charge in [-0.3, -0.25) is 14.5 Å². The first-order valence-electron chi connectivity index (χ1n) is 12.7. The van der Waals surface area contributed by atoms with Crippen LogP contribution in [0, 0.1) is 13.8 Å². The van der Waals surface area contributed by atoms with E-state index >= 15 is 0 Å². The second kappa shape index (κ2) is 12.0. The van der Waals surface area contributed by atoms with Crippen molar-refractivity contribution in [3.63, 3.8) is 0 Å². The summed E-state index contributed by atoms with van der Waals surface area (Å²) in [5.74, 6) is -0.0553. The zero-order valence-corrected chi connectivity index (χ0v) is 23.1. The Kier molecular flexibility index (Phi) is 8.08. The topological polar surface area (TPSA) is 157 Å². The molecular formula is C28H27N9O3S. The Labute approximate surface area is 237 Å². The Bertz CT molecular complexity index is 1790. The van der Waals surface area contributed by atoms with Crippen molar-refractivity contribution in [1.29, 1.82) is 0 Å². The van der Waals surface area contributed by atoms with Crippen LogP contribution in [0.15, 0.2) is 90.3 Å². The number of aryl methyl sites for hydroxylation is 2. The lowest BCUT2D eigenvalue weighted by molar-refractivity contribution is 0.102. The number of hydrogen-bond acceptors (Lipinski definition) is 9. The lowest BCUT2D eigenvalue weighted by Gasteiger charge is -2.11. The summed E-state index contributed by atoms with van der Waals surface area (Å²) in [6, 6.07) is 17.7. The van der Waals surface area contributed by atoms with Gasteiger partial charge in [-0.15, -0.1) is 5.10 Å². The van der Waals surface area contributed by atoms with Crippen LogP contribution in [-0.2, 0) is 16.6 Å². The summed E-state index contributed by atoms with van der Waals surface area (Å²) in [5.41, 5.74) is 4.52. The van der Waals surface area contributed by atoms with Crippen LogP contribution in [0.5, 0.6) is 0 Å². The van der Waals surface area contributed by atoms with Gasteiger partial charge >= 0.3 is 0 Å². The number of carbonyl (C=O) groups excluding carboxylic acids is 1. The SMILES string of the molecule is Cc1ccc(NC(=O)c2cn(CCNS(=O)(=O)c3ccccc3C)nn2)cc1Nc1nccc(-c2cccnc2)n1. The van der Waals surface area contributed by atoms with Crippen LogP contribution in [0.4, 0.5) is 17.3 Å². The zero-order valence-electron chi connectivity index (χ0n) is 22.3. The monoisotopic (exact) mass is 569 g/mol. The molecule has 3 heterocycles. The fraction of sp³-hybridized carbons (Fsp3) is 0.143. The first-order chi connectivity index (χ1) is 19.8. The molecule has 0 aliphatic heterocycles. The van der Waals surface area contributed by atoms with Gasteiger partial charge in [0.05, 0.1) is 23.3 Å². The summed E-state index contributed by atoms with van der Waals surface area (Å²) >= 11 is 0. The number of rotatable bonds is 10. The van der Waals surface area contributed by atoms with E-state index < -0.39 is 15.9 Å². The predicted molar refractivity (Wildman–Crippen MR) is 154 cm³/mol. The van der Waals surface area contributed by atoms with E-state index in [2.05, 4.69) is 40.6 Å². The van der Waals surface area contributed by atoms with Gasteiger partial charge in [0.2, 0.25) is 16.0 Å². The summed E-state index contributed by atoms with van der Waals surface area (Å²) in [7, 11) is -3.67. The molecule has 13 heteroatoms. The van der Waals surface area contributed by atoms with Crippen LogP contribution in [0.1, 0.15) is 21.6 Å². The van der Waals surface area contributed by atoms with Crippen molar-refractivity contribution in [3.8, 4) is 11.3 Å². The lowest BCUT2D eigenvalue weighted by Crippen LogP contribution is -2.28. The number of amides is 1. The van der Waals surface area contributed by atoms with Gasteiger partial charge < -0.3 is 10.6 Å². The largest absolute Gasteiger partial charge is 0.324 e. The highest BCUT2D eigenvalue weighted by molar-refractivity contribution is 7.89. The number of pyridine rings is 1. The number of hydrogen-bond donors (Lipinski definition) is 3.